The normalized spacial score (nSPS) is 14.7. The topological polar surface area (TPSA) is 45.2 Å². The zero-order valence-corrected chi connectivity index (χ0v) is 13.0. The van der Waals surface area contributed by atoms with Crippen LogP contribution in [0, 0.1) is 0 Å². The molecule has 0 unspecified atom stereocenters. The molecule has 0 atom stereocenters. The lowest BCUT2D eigenvalue weighted by Crippen LogP contribution is -2.29. The third-order valence-corrected chi connectivity index (χ3v) is 4.16. The zero-order chi connectivity index (χ0) is 15.4. The molecule has 0 bridgehead atoms. The number of benzene rings is 1. The fourth-order valence-electron chi connectivity index (χ4n) is 2.63. The number of halogens is 1. The average Bonchev–Trinajstić information content (AvgIpc) is 2.57. The standard InChI is InChI=1S/C17H18ClN3O/c18-15-7-3-2-6-14(15)17(22)20-16-9-8-13(12-19-16)21-10-4-1-5-11-21/h2-3,6-9,12H,1,4-5,10-11H2,(H,19,20,22). The van der Waals surface area contributed by atoms with E-state index in [1.54, 1.807) is 24.3 Å². The lowest BCUT2D eigenvalue weighted by molar-refractivity contribution is 0.102. The van der Waals surface area contributed by atoms with E-state index in [1.807, 2.05) is 18.3 Å². The summed E-state index contributed by atoms with van der Waals surface area (Å²) >= 11 is 6.02. The van der Waals surface area contributed by atoms with E-state index in [0.717, 1.165) is 18.8 Å². The number of anilines is 2. The van der Waals surface area contributed by atoms with Crippen molar-refractivity contribution in [3.8, 4) is 0 Å². The monoisotopic (exact) mass is 315 g/mol. The van der Waals surface area contributed by atoms with Crippen LogP contribution in [0.25, 0.3) is 0 Å². The van der Waals surface area contributed by atoms with E-state index in [0.29, 0.717) is 16.4 Å². The lowest BCUT2D eigenvalue weighted by atomic mass is 10.1. The molecule has 1 amide bonds. The molecular formula is C17H18ClN3O. The van der Waals surface area contributed by atoms with Gasteiger partial charge in [-0.25, -0.2) is 4.98 Å². The second-order valence-corrected chi connectivity index (χ2v) is 5.79. The van der Waals surface area contributed by atoms with Gasteiger partial charge >= 0.3 is 0 Å². The van der Waals surface area contributed by atoms with E-state index in [4.69, 9.17) is 11.6 Å². The summed E-state index contributed by atoms with van der Waals surface area (Å²) in [5.74, 6) is 0.287. The Morgan fingerprint density at radius 1 is 1.09 bits per heavy atom. The maximum atomic E-state index is 12.2. The summed E-state index contributed by atoms with van der Waals surface area (Å²) in [4.78, 5) is 18.8. The largest absolute Gasteiger partial charge is 0.370 e. The van der Waals surface area contributed by atoms with Crippen molar-refractivity contribution >= 4 is 29.0 Å². The highest BCUT2D eigenvalue weighted by Crippen LogP contribution is 2.21. The predicted octanol–water partition coefficient (Wildman–Crippen LogP) is 3.98. The number of nitrogens with zero attached hydrogens (tertiary/aromatic N) is 2. The highest BCUT2D eigenvalue weighted by molar-refractivity contribution is 6.34. The highest BCUT2D eigenvalue weighted by Gasteiger charge is 2.13. The summed E-state index contributed by atoms with van der Waals surface area (Å²) in [7, 11) is 0. The Bertz CT molecular complexity index is 651. The molecule has 2 aromatic rings. The van der Waals surface area contributed by atoms with Gasteiger partial charge in [-0.1, -0.05) is 23.7 Å². The van der Waals surface area contributed by atoms with Crippen molar-refractivity contribution in [3.63, 3.8) is 0 Å². The molecule has 114 valence electrons. The van der Waals surface area contributed by atoms with Crippen LogP contribution in [0.2, 0.25) is 5.02 Å². The van der Waals surface area contributed by atoms with Crippen molar-refractivity contribution < 1.29 is 4.79 Å². The van der Waals surface area contributed by atoms with Gasteiger partial charge < -0.3 is 10.2 Å². The van der Waals surface area contributed by atoms with Crippen molar-refractivity contribution in [3.05, 3.63) is 53.2 Å². The van der Waals surface area contributed by atoms with Gasteiger partial charge in [0.1, 0.15) is 5.82 Å². The molecule has 4 nitrogen and oxygen atoms in total. The fourth-order valence-corrected chi connectivity index (χ4v) is 2.85. The first kappa shape index (κ1) is 14.9. The molecular weight excluding hydrogens is 298 g/mol. The molecule has 0 saturated carbocycles. The minimum atomic E-state index is -0.246. The molecule has 0 aliphatic carbocycles. The van der Waals surface area contributed by atoms with Crippen LogP contribution in [0.1, 0.15) is 29.6 Å². The van der Waals surface area contributed by atoms with E-state index in [9.17, 15) is 4.79 Å². The molecule has 22 heavy (non-hydrogen) atoms. The SMILES string of the molecule is O=C(Nc1ccc(N2CCCCC2)cn1)c1ccccc1Cl. The minimum absolute atomic E-state index is 0.246. The molecule has 5 heteroatoms. The molecule has 1 saturated heterocycles. The van der Waals surface area contributed by atoms with Crippen molar-refractivity contribution in [2.75, 3.05) is 23.3 Å². The van der Waals surface area contributed by atoms with Crippen molar-refractivity contribution in [1.29, 1.82) is 0 Å². The number of carbonyl (C=O) groups is 1. The minimum Gasteiger partial charge on any atom is -0.370 e. The number of nitrogens with one attached hydrogen (secondary N) is 1. The van der Waals surface area contributed by atoms with Gasteiger partial charge in [-0.2, -0.15) is 0 Å². The molecule has 2 heterocycles. The summed E-state index contributed by atoms with van der Waals surface area (Å²) in [6, 6.07) is 10.8. The molecule has 3 rings (SSSR count). The van der Waals surface area contributed by atoms with Crippen LogP contribution in [0.5, 0.6) is 0 Å². The second-order valence-electron chi connectivity index (χ2n) is 5.38. The van der Waals surface area contributed by atoms with E-state index in [2.05, 4.69) is 15.2 Å². The molecule has 0 spiro atoms. The van der Waals surface area contributed by atoms with E-state index in [1.165, 1.54) is 19.3 Å². The summed E-state index contributed by atoms with van der Waals surface area (Å²) in [5.41, 5.74) is 1.56. The number of piperidine rings is 1. The molecule has 1 aliphatic heterocycles. The van der Waals surface area contributed by atoms with Crippen LogP contribution < -0.4 is 10.2 Å². The smallest absolute Gasteiger partial charge is 0.258 e. The van der Waals surface area contributed by atoms with Crippen LogP contribution in [-0.2, 0) is 0 Å². The third-order valence-electron chi connectivity index (χ3n) is 3.83. The number of aromatic nitrogens is 1. The maximum Gasteiger partial charge on any atom is 0.258 e. The summed E-state index contributed by atoms with van der Waals surface area (Å²) in [5, 5.41) is 3.21. The number of amides is 1. The van der Waals surface area contributed by atoms with Gasteiger partial charge in [0.15, 0.2) is 0 Å². The molecule has 1 N–H and O–H groups in total. The van der Waals surface area contributed by atoms with Crippen molar-refractivity contribution in [2.45, 2.75) is 19.3 Å². The first-order valence-corrected chi connectivity index (χ1v) is 7.89. The van der Waals surface area contributed by atoms with Crippen molar-refractivity contribution in [2.24, 2.45) is 0 Å². The summed E-state index contributed by atoms with van der Waals surface area (Å²) in [6.07, 6.45) is 5.57. The summed E-state index contributed by atoms with van der Waals surface area (Å²) in [6.45, 7) is 2.15. The Balaban J connectivity index is 1.68. The first-order chi connectivity index (χ1) is 10.7. The van der Waals surface area contributed by atoms with E-state index >= 15 is 0 Å². The van der Waals surface area contributed by atoms with Gasteiger partial charge in [0, 0.05) is 13.1 Å². The molecule has 1 fully saturated rings. The Hall–Kier alpha value is -2.07. The Kier molecular flexibility index (Phi) is 4.59. The predicted molar refractivity (Wildman–Crippen MR) is 89.7 cm³/mol. The van der Waals surface area contributed by atoms with Gasteiger partial charge in [-0.15, -0.1) is 0 Å². The van der Waals surface area contributed by atoms with E-state index < -0.39 is 0 Å². The molecule has 1 aromatic heterocycles. The van der Waals surface area contributed by atoms with Gasteiger partial charge in [0.05, 0.1) is 22.5 Å². The van der Waals surface area contributed by atoms with E-state index in [-0.39, 0.29) is 5.91 Å². The zero-order valence-electron chi connectivity index (χ0n) is 12.3. The Morgan fingerprint density at radius 3 is 2.55 bits per heavy atom. The van der Waals surface area contributed by atoms with Gasteiger partial charge in [0.2, 0.25) is 0 Å². The first-order valence-electron chi connectivity index (χ1n) is 7.51. The van der Waals surface area contributed by atoms with Gasteiger partial charge in [-0.05, 0) is 43.5 Å². The highest BCUT2D eigenvalue weighted by atomic mass is 35.5. The van der Waals surface area contributed by atoms with Gasteiger partial charge in [-0.3, -0.25) is 4.79 Å². The van der Waals surface area contributed by atoms with Crippen LogP contribution in [0.4, 0.5) is 11.5 Å². The maximum absolute atomic E-state index is 12.2. The Labute approximate surface area is 135 Å². The lowest BCUT2D eigenvalue weighted by Gasteiger charge is -2.28. The molecule has 1 aromatic carbocycles. The number of hydrogen-bond acceptors (Lipinski definition) is 3. The quantitative estimate of drug-likeness (QED) is 0.932. The van der Waals surface area contributed by atoms with Crippen LogP contribution >= 0.6 is 11.6 Å². The molecule has 1 aliphatic rings. The van der Waals surface area contributed by atoms with Crippen LogP contribution in [-0.4, -0.2) is 24.0 Å². The van der Waals surface area contributed by atoms with Crippen molar-refractivity contribution in [1.82, 2.24) is 4.98 Å². The van der Waals surface area contributed by atoms with Gasteiger partial charge in [0.25, 0.3) is 5.91 Å². The number of hydrogen-bond donors (Lipinski definition) is 1. The Morgan fingerprint density at radius 2 is 1.86 bits per heavy atom. The van der Waals surface area contributed by atoms with Crippen LogP contribution in [0.3, 0.4) is 0 Å². The van der Waals surface area contributed by atoms with Crippen LogP contribution in [0.15, 0.2) is 42.6 Å². The number of rotatable bonds is 3. The fraction of sp³-hybridized carbons (Fsp3) is 0.294. The second kappa shape index (κ2) is 6.79. The average molecular weight is 316 g/mol. The number of pyridine rings is 1. The number of carbonyl (C=O) groups excluding carboxylic acids is 1. The summed E-state index contributed by atoms with van der Waals surface area (Å²) < 4.78 is 0. The third kappa shape index (κ3) is 3.39. The molecule has 0 radical (unpaired) electrons.